The largest absolute Gasteiger partial charge is 0.395 e. The molecule has 15 aromatic carbocycles. The lowest BCUT2D eigenvalue weighted by Gasteiger charge is -2.31. The molecule has 2 N–H and O–H groups in total. The predicted octanol–water partition coefficient (Wildman–Crippen LogP) is 27.3. The van der Waals surface area contributed by atoms with Gasteiger partial charge in [0.15, 0.2) is 0 Å². The first-order valence-corrected chi connectivity index (χ1v) is 46.4. The average molecular weight is 1800 g/mol. The van der Waals surface area contributed by atoms with Crippen LogP contribution in [-0.2, 0) is 97.8 Å². The number of rotatable bonds is 42. The first-order chi connectivity index (χ1) is 64.8. The van der Waals surface area contributed by atoms with E-state index in [0.29, 0.717) is 19.5 Å². The second kappa shape index (κ2) is 63.8. The van der Waals surface area contributed by atoms with Gasteiger partial charge in [-0.2, -0.15) is 0 Å². The van der Waals surface area contributed by atoms with Crippen LogP contribution in [-0.4, -0.2) is 116 Å². The number of hydrogen-bond donors (Lipinski definition) is 2. The van der Waals surface area contributed by atoms with E-state index in [1.807, 2.05) is 231 Å². The standard InChI is InChI=1S/2C23H24FN.C23H25NO.2C17H20FN.C17H21NO.2CH4/c24-17-23(16-20-10-4-1-5-11-20)25(18-21-12-6-2-7-13-21)19-22-14-8-3-9-15-22;24-23(16-20-10-4-1-5-11-20)19-25(17-21-12-6-2-7-13-21)18-22-14-8-3-9-15-22;25-19-23(16-20-10-4-1-5-11-20)24(17-21-12-6-2-7-13-21)18-22-14-8-3-9-15-22;1-15(18)12-19(13-16-8-4-2-5-9-16)14-17-10-6-3-7-11-17;1-15(12-18)19(13-16-8-4-2-5-9-16)14-17-10-6-3-7-11-17;1-15(14-19)18(12-16-8-4-2-5-9-16)13-17-10-6-3-7-11-17;;/h2*1-15,23H,16-19H2;1-15,23,25H,16-19H2;2*2-11,15H,12-14H2,1H3;2-11,15,19H,12-14H2,1H3;2*1H4/t;;;;2*15-;;/m....00../s1. The molecule has 4 unspecified atom stereocenters. The summed E-state index contributed by atoms with van der Waals surface area (Å²) in [5.41, 5.74) is 18.3. The van der Waals surface area contributed by atoms with Gasteiger partial charge in [0.25, 0.3) is 0 Å². The molecule has 0 spiro atoms. The maximum atomic E-state index is 14.7. The Morgan fingerprint density at radius 1 is 0.201 bits per heavy atom. The zero-order valence-electron chi connectivity index (χ0n) is 77.2. The Bertz CT molecular complexity index is 4850. The number of aliphatic hydroxyl groups is 2. The van der Waals surface area contributed by atoms with E-state index >= 15 is 0 Å². The summed E-state index contributed by atoms with van der Waals surface area (Å²) in [7, 11) is 0. The van der Waals surface area contributed by atoms with Crippen molar-refractivity contribution >= 4 is 0 Å². The first kappa shape index (κ1) is 107. The highest BCUT2D eigenvalue weighted by Crippen LogP contribution is 2.24. The quantitative estimate of drug-likeness (QED) is 0.0367. The van der Waals surface area contributed by atoms with Gasteiger partial charge in [-0.1, -0.05) is 470 Å². The minimum Gasteiger partial charge on any atom is -0.395 e. The lowest BCUT2D eigenvalue weighted by molar-refractivity contribution is 0.109. The molecule has 6 atom stereocenters. The minimum absolute atomic E-state index is 0. The molecule has 0 aliphatic carbocycles. The molecule has 0 heterocycles. The molecule has 0 fully saturated rings. The number of nitrogens with zero attached hydrogens (tertiary/aromatic N) is 6. The maximum Gasteiger partial charge on any atom is 0.117 e. The van der Waals surface area contributed by atoms with Crippen LogP contribution in [0.25, 0.3) is 0 Å². The Balaban J connectivity index is 0.000000198. The molecule has 15 rings (SSSR count). The molecule has 8 nitrogen and oxygen atoms in total. The van der Waals surface area contributed by atoms with Crippen molar-refractivity contribution in [3.8, 4) is 0 Å². The van der Waals surface area contributed by atoms with E-state index < -0.39 is 12.3 Å². The van der Waals surface area contributed by atoms with Crippen LogP contribution >= 0.6 is 0 Å². The van der Waals surface area contributed by atoms with Gasteiger partial charge in [-0.25, -0.2) is 17.6 Å². The van der Waals surface area contributed by atoms with Crippen LogP contribution in [0.4, 0.5) is 17.6 Å². The number of aliphatic hydroxyl groups excluding tert-OH is 2. The number of halogens is 4. The van der Waals surface area contributed by atoms with Crippen molar-refractivity contribution < 1.29 is 27.8 Å². The van der Waals surface area contributed by atoms with Crippen LogP contribution < -0.4 is 0 Å². The number of alkyl halides is 4. The van der Waals surface area contributed by atoms with E-state index in [9.17, 15) is 27.8 Å². The van der Waals surface area contributed by atoms with Crippen LogP contribution in [0.2, 0.25) is 0 Å². The Labute approximate surface area is 800 Å². The van der Waals surface area contributed by atoms with Gasteiger partial charge in [-0.3, -0.25) is 29.4 Å². The van der Waals surface area contributed by atoms with Crippen molar-refractivity contribution in [2.24, 2.45) is 0 Å². The van der Waals surface area contributed by atoms with Gasteiger partial charge in [-0.15, -0.1) is 0 Å². The summed E-state index contributed by atoms with van der Waals surface area (Å²) in [4.78, 5) is 13.4. The van der Waals surface area contributed by atoms with Crippen molar-refractivity contribution in [1.29, 1.82) is 0 Å². The molecule has 12 heteroatoms. The lowest BCUT2D eigenvalue weighted by Crippen LogP contribution is -2.38. The van der Waals surface area contributed by atoms with E-state index in [-0.39, 0.29) is 65.6 Å². The summed E-state index contributed by atoms with van der Waals surface area (Å²) in [6, 6.07) is 154. The van der Waals surface area contributed by atoms with Crippen LogP contribution in [0.15, 0.2) is 455 Å². The third kappa shape index (κ3) is 42.3. The number of hydrogen-bond acceptors (Lipinski definition) is 8. The smallest absolute Gasteiger partial charge is 0.117 e. The van der Waals surface area contributed by atoms with E-state index in [0.717, 1.165) is 96.9 Å². The molecule has 0 bridgehead atoms. The summed E-state index contributed by atoms with van der Waals surface area (Å²) < 4.78 is 55.0. The lowest BCUT2D eigenvalue weighted by atomic mass is 10.0. The zero-order valence-corrected chi connectivity index (χ0v) is 77.2. The Morgan fingerprint density at radius 2 is 0.381 bits per heavy atom. The number of benzene rings is 15. The van der Waals surface area contributed by atoms with E-state index in [4.69, 9.17) is 0 Å². The minimum atomic E-state index is -0.880. The van der Waals surface area contributed by atoms with Gasteiger partial charge in [0.2, 0.25) is 0 Å². The van der Waals surface area contributed by atoms with Crippen LogP contribution in [0.5, 0.6) is 0 Å². The summed E-state index contributed by atoms with van der Waals surface area (Å²) in [5, 5.41) is 19.5. The van der Waals surface area contributed by atoms with Crippen molar-refractivity contribution in [2.45, 2.75) is 170 Å². The third-order valence-electron chi connectivity index (χ3n) is 22.9. The molecule has 0 aliphatic rings. The van der Waals surface area contributed by atoms with Crippen LogP contribution in [0, 0.1) is 0 Å². The summed E-state index contributed by atoms with van der Waals surface area (Å²) in [6.07, 6.45) is 0.330. The Kier molecular flexibility index (Phi) is 50.9. The summed E-state index contributed by atoms with van der Waals surface area (Å²) in [5.74, 6) is 0. The average Bonchev–Trinajstić information content (AvgIpc) is 0.814. The summed E-state index contributed by atoms with van der Waals surface area (Å²) >= 11 is 0. The first-order valence-electron chi connectivity index (χ1n) is 46.4. The highest BCUT2D eigenvalue weighted by atomic mass is 19.1. The highest BCUT2D eigenvalue weighted by molar-refractivity contribution is 5.27. The third-order valence-corrected chi connectivity index (χ3v) is 22.9. The van der Waals surface area contributed by atoms with Gasteiger partial charge in [0.05, 0.1) is 13.2 Å². The summed E-state index contributed by atoms with van der Waals surface area (Å²) in [6.45, 7) is 15.7. The Morgan fingerprint density at radius 3 is 0.582 bits per heavy atom. The molecule has 0 amide bonds. The molecule has 0 radical (unpaired) electrons. The molecule has 134 heavy (non-hydrogen) atoms. The monoisotopic (exact) mass is 1800 g/mol. The zero-order chi connectivity index (χ0) is 92.5. The SMILES string of the molecule is C.C.CC(F)CN(Cc1ccccc1)Cc1ccccc1.C[C@@H](CF)N(Cc1ccccc1)Cc1ccccc1.C[C@@H](CO)N(Cc1ccccc1)Cc1ccccc1.FC(Cc1ccccc1)CN(Cc1ccccc1)Cc1ccccc1.FCC(Cc1ccccc1)N(Cc1ccccc1)Cc1ccccc1.OCC(Cc1ccccc1)N(Cc1ccccc1)Cc1ccccc1. The fourth-order valence-electron chi connectivity index (χ4n) is 15.8. The van der Waals surface area contributed by atoms with Gasteiger partial charge < -0.3 is 10.2 Å². The molecule has 0 aromatic heterocycles. The molecule has 0 saturated carbocycles. The molecule has 700 valence electrons. The van der Waals surface area contributed by atoms with Crippen molar-refractivity contribution in [3.05, 3.63) is 538 Å². The van der Waals surface area contributed by atoms with E-state index in [1.165, 1.54) is 77.9 Å². The molecule has 0 saturated heterocycles. The predicted molar refractivity (Wildman–Crippen MR) is 555 cm³/mol. The van der Waals surface area contributed by atoms with Crippen molar-refractivity contribution in [2.75, 3.05) is 39.7 Å². The van der Waals surface area contributed by atoms with Crippen molar-refractivity contribution in [1.82, 2.24) is 29.4 Å². The topological polar surface area (TPSA) is 59.9 Å². The van der Waals surface area contributed by atoms with Crippen molar-refractivity contribution in [3.63, 3.8) is 0 Å². The normalized spacial score (nSPS) is 12.2. The van der Waals surface area contributed by atoms with Gasteiger partial charge >= 0.3 is 0 Å². The molecular weight excluding hydrogens is 1660 g/mol. The maximum absolute atomic E-state index is 14.7. The van der Waals surface area contributed by atoms with E-state index in [2.05, 4.69) is 267 Å². The fraction of sp³-hybridized carbons (Fsp3) is 0.262. The van der Waals surface area contributed by atoms with Gasteiger partial charge in [0.1, 0.15) is 25.7 Å². The molecule has 15 aromatic rings. The molecular formula is C122H142F4N6O2. The molecule has 0 aliphatic heterocycles. The van der Waals surface area contributed by atoms with Crippen LogP contribution in [0.1, 0.15) is 119 Å². The van der Waals surface area contributed by atoms with E-state index in [1.54, 1.807) is 6.92 Å². The highest BCUT2D eigenvalue weighted by Gasteiger charge is 2.24. The second-order valence-electron chi connectivity index (χ2n) is 33.9. The Hall–Kier alpha value is -12.3. The fourth-order valence-corrected chi connectivity index (χ4v) is 15.8. The second-order valence-corrected chi connectivity index (χ2v) is 33.9. The van der Waals surface area contributed by atoms with Gasteiger partial charge in [-0.05, 0) is 117 Å². The van der Waals surface area contributed by atoms with Crippen LogP contribution in [0.3, 0.4) is 0 Å². The van der Waals surface area contributed by atoms with Gasteiger partial charge in [0, 0.05) is 122 Å².